The van der Waals surface area contributed by atoms with E-state index in [0.29, 0.717) is 22.5 Å². The van der Waals surface area contributed by atoms with Crippen LogP contribution in [0, 0.1) is 0 Å². The summed E-state index contributed by atoms with van der Waals surface area (Å²) >= 11 is 17.9. The fourth-order valence-corrected chi connectivity index (χ4v) is 2.65. The van der Waals surface area contributed by atoms with Gasteiger partial charge in [0, 0.05) is 17.3 Å². The van der Waals surface area contributed by atoms with Crippen LogP contribution in [0.2, 0.25) is 15.2 Å². The number of anilines is 2. The Labute approximate surface area is 147 Å². The predicted molar refractivity (Wildman–Crippen MR) is 93.9 cm³/mol. The number of hydrogen-bond donors (Lipinski definition) is 2. The second-order valence-electron chi connectivity index (χ2n) is 4.68. The van der Waals surface area contributed by atoms with Gasteiger partial charge in [-0.15, -0.1) is 0 Å². The Kier molecular flexibility index (Phi) is 4.57. The third-order valence-corrected chi connectivity index (χ3v) is 3.79. The van der Waals surface area contributed by atoms with Gasteiger partial charge in [0.15, 0.2) is 11.6 Å². The molecule has 1 heterocycles. The average molecular weight is 367 g/mol. The molecule has 3 rings (SSSR count). The summed E-state index contributed by atoms with van der Waals surface area (Å²) in [5, 5.41) is 13.2. The lowest BCUT2D eigenvalue weighted by atomic mass is 10.2. The maximum atomic E-state index is 9.60. The summed E-state index contributed by atoms with van der Waals surface area (Å²) in [7, 11) is 0. The minimum absolute atomic E-state index is 0.142. The van der Waals surface area contributed by atoms with Crippen molar-refractivity contribution in [3.8, 4) is 17.1 Å². The molecule has 0 aliphatic carbocycles. The van der Waals surface area contributed by atoms with Crippen molar-refractivity contribution >= 4 is 46.3 Å². The molecule has 7 heteroatoms. The van der Waals surface area contributed by atoms with Crippen LogP contribution in [-0.4, -0.2) is 15.1 Å². The largest absolute Gasteiger partial charge is 0.505 e. The van der Waals surface area contributed by atoms with Crippen LogP contribution in [0.25, 0.3) is 11.4 Å². The summed E-state index contributed by atoms with van der Waals surface area (Å²) < 4.78 is 0. The van der Waals surface area contributed by atoms with Crippen molar-refractivity contribution in [2.75, 3.05) is 5.32 Å². The van der Waals surface area contributed by atoms with E-state index in [4.69, 9.17) is 34.8 Å². The maximum absolute atomic E-state index is 9.60. The predicted octanol–water partition coefficient (Wildman–Crippen LogP) is 5.55. The molecule has 0 saturated heterocycles. The quantitative estimate of drug-likeness (QED) is 0.471. The van der Waals surface area contributed by atoms with Crippen LogP contribution in [0.5, 0.6) is 5.75 Å². The van der Waals surface area contributed by atoms with E-state index < -0.39 is 0 Å². The number of phenolic OH excluding ortho intramolecular Hbond substituents is 1. The first-order chi connectivity index (χ1) is 11.0. The summed E-state index contributed by atoms with van der Waals surface area (Å²) in [4.78, 5) is 8.64. The van der Waals surface area contributed by atoms with Gasteiger partial charge < -0.3 is 10.4 Å². The van der Waals surface area contributed by atoms with Gasteiger partial charge in [-0.1, -0.05) is 65.1 Å². The standard InChI is InChI=1S/C16H10Cl3N3O/c17-11-6-10(7-12(18)15(11)23)20-14-8-13(19)21-16(22-14)9-4-2-1-3-5-9/h1-8,23H,(H,20,21,22). The monoisotopic (exact) mass is 365 g/mol. The highest BCUT2D eigenvalue weighted by Crippen LogP contribution is 2.35. The van der Waals surface area contributed by atoms with Gasteiger partial charge in [0.1, 0.15) is 11.0 Å². The van der Waals surface area contributed by atoms with E-state index in [2.05, 4.69) is 15.3 Å². The second-order valence-corrected chi connectivity index (χ2v) is 5.88. The molecule has 116 valence electrons. The van der Waals surface area contributed by atoms with Gasteiger partial charge in [-0.05, 0) is 12.1 Å². The van der Waals surface area contributed by atoms with Gasteiger partial charge >= 0.3 is 0 Å². The first-order valence-electron chi connectivity index (χ1n) is 6.58. The second kappa shape index (κ2) is 6.62. The zero-order valence-corrected chi connectivity index (χ0v) is 13.9. The van der Waals surface area contributed by atoms with Gasteiger partial charge in [0.25, 0.3) is 0 Å². The Morgan fingerprint density at radius 2 is 1.52 bits per heavy atom. The fraction of sp³-hybridized carbons (Fsp3) is 0. The molecule has 2 N–H and O–H groups in total. The lowest BCUT2D eigenvalue weighted by Gasteiger charge is -2.10. The molecular weight excluding hydrogens is 357 g/mol. The van der Waals surface area contributed by atoms with Crippen molar-refractivity contribution in [2.45, 2.75) is 0 Å². The van der Waals surface area contributed by atoms with Gasteiger partial charge in [-0.3, -0.25) is 0 Å². The molecule has 0 saturated carbocycles. The van der Waals surface area contributed by atoms with E-state index in [1.165, 1.54) is 0 Å². The molecule has 0 aliphatic heterocycles. The third-order valence-electron chi connectivity index (χ3n) is 3.02. The summed E-state index contributed by atoms with van der Waals surface area (Å²) in [6.07, 6.45) is 0. The lowest BCUT2D eigenvalue weighted by molar-refractivity contribution is 0.476. The number of nitrogens with one attached hydrogen (secondary N) is 1. The zero-order valence-electron chi connectivity index (χ0n) is 11.6. The number of aromatic nitrogens is 2. The minimum Gasteiger partial charge on any atom is -0.505 e. The van der Waals surface area contributed by atoms with Crippen molar-refractivity contribution in [2.24, 2.45) is 0 Å². The van der Waals surface area contributed by atoms with Gasteiger partial charge in [-0.2, -0.15) is 0 Å². The molecule has 0 amide bonds. The highest BCUT2D eigenvalue weighted by Gasteiger charge is 2.09. The lowest BCUT2D eigenvalue weighted by Crippen LogP contribution is -1.98. The van der Waals surface area contributed by atoms with Crippen LogP contribution in [0.3, 0.4) is 0 Å². The molecule has 0 unspecified atom stereocenters. The minimum atomic E-state index is -0.162. The Balaban J connectivity index is 1.96. The number of halogens is 3. The van der Waals surface area contributed by atoms with Gasteiger partial charge in [0.2, 0.25) is 0 Å². The molecule has 0 spiro atoms. The molecule has 4 nitrogen and oxygen atoms in total. The first kappa shape index (κ1) is 15.9. The molecule has 0 atom stereocenters. The molecule has 0 bridgehead atoms. The van der Waals surface area contributed by atoms with E-state index in [9.17, 15) is 5.11 Å². The van der Waals surface area contributed by atoms with E-state index >= 15 is 0 Å². The van der Waals surface area contributed by atoms with Crippen LogP contribution in [0.4, 0.5) is 11.5 Å². The molecule has 0 aliphatic rings. The zero-order chi connectivity index (χ0) is 16.4. The van der Waals surface area contributed by atoms with Gasteiger partial charge in [0.05, 0.1) is 10.0 Å². The number of nitrogens with zero attached hydrogens (tertiary/aromatic N) is 2. The van der Waals surface area contributed by atoms with Crippen molar-refractivity contribution in [3.05, 3.63) is 63.7 Å². The van der Waals surface area contributed by atoms with Crippen molar-refractivity contribution in [1.82, 2.24) is 9.97 Å². The molecule has 3 aromatic rings. The highest BCUT2D eigenvalue weighted by atomic mass is 35.5. The molecule has 0 radical (unpaired) electrons. The molecular formula is C16H10Cl3N3O. The molecule has 1 aromatic heterocycles. The SMILES string of the molecule is Oc1c(Cl)cc(Nc2cc(Cl)nc(-c3ccccc3)n2)cc1Cl. The van der Waals surface area contributed by atoms with Crippen LogP contribution < -0.4 is 5.32 Å². The Hall–Kier alpha value is -2.01. The van der Waals surface area contributed by atoms with Crippen LogP contribution >= 0.6 is 34.8 Å². The average Bonchev–Trinajstić information content (AvgIpc) is 2.53. The first-order valence-corrected chi connectivity index (χ1v) is 7.71. The van der Waals surface area contributed by atoms with E-state index in [-0.39, 0.29) is 15.8 Å². The number of rotatable bonds is 3. The Morgan fingerprint density at radius 1 is 0.870 bits per heavy atom. The fourth-order valence-electron chi connectivity index (χ4n) is 1.98. The highest BCUT2D eigenvalue weighted by molar-refractivity contribution is 6.37. The number of aromatic hydroxyl groups is 1. The molecule has 0 fully saturated rings. The third kappa shape index (κ3) is 3.67. The summed E-state index contributed by atoms with van der Waals surface area (Å²) in [6, 6.07) is 14.2. The van der Waals surface area contributed by atoms with Gasteiger partial charge in [-0.25, -0.2) is 9.97 Å². The molecule has 2 aromatic carbocycles. The molecule has 23 heavy (non-hydrogen) atoms. The van der Waals surface area contributed by atoms with E-state index in [0.717, 1.165) is 5.56 Å². The van der Waals surface area contributed by atoms with E-state index in [1.807, 2.05) is 30.3 Å². The normalized spacial score (nSPS) is 10.6. The number of benzene rings is 2. The van der Waals surface area contributed by atoms with Crippen molar-refractivity contribution in [3.63, 3.8) is 0 Å². The summed E-state index contributed by atoms with van der Waals surface area (Å²) in [5.41, 5.74) is 1.42. The number of phenols is 1. The van der Waals surface area contributed by atoms with Crippen LogP contribution in [0.1, 0.15) is 0 Å². The summed E-state index contributed by atoms with van der Waals surface area (Å²) in [5.74, 6) is 0.822. The smallest absolute Gasteiger partial charge is 0.163 e. The maximum Gasteiger partial charge on any atom is 0.163 e. The van der Waals surface area contributed by atoms with Crippen molar-refractivity contribution in [1.29, 1.82) is 0 Å². The topological polar surface area (TPSA) is 58.0 Å². The Morgan fingerprint density at radius 3 is 2.17 bits per heavy atom. The van der Waals surface area contributed by atoms with Crippen LogP contribution in [-0.2, 0) is 0 Å². The number of hydrogen-bond acceptors (Lipinski definition) is 4. The van der Waals surface area contributed by atoms with Crippen LogP contribution in [0.15, 0.2) is 48.5 Å². The Bertz CT molecular complexity index is 833. The van der Waals surface area contributed by atoms with Crippen molar-refractivity contribution < 1.29 is 5.11 Å². The summed E-state index contributed by atoms with van der Waals surface area (Å²) in [6.45, 7) is 0. The van der Waals surface area contributed by atoms with E-state index in [1.54, 1.807) is 18.2 Å².